The maximum absolute atomic E-state index is 12.7. The van der Waals surface area contributed by atoms with Crippen LogP contribution >= 0.6 is 34.7 Å². The van der Waals surface area contributed by atoms with Crippen molar-refractivity contribution in [1.29, 1.82) is 0 Å². The number of halogens is 1. The lowest BCUT2D eigenvalue weighted by Gasteiger charge is -2.50. The summed E-state index contributed by atoms with van der Waals surface area (Å²) in [5, 5.41) is 39.0. The van der Waals surface area contributed by atoms with Gasteiger partial charge in [-0.3, -0.25) is 19.3 Å². The van der Waals surface area contributed by atoms with Crippen molar-refractivity contribution < 1.29 is 53.3 Å². The summed E-state index contributed by atoms with van der Waals surface area (Å²) in [4.78, 5) is 69.7. The van der Waals surface area contributed by atoms with E-state index in [0.717, 1.165) is 42.8 Å². The quantitative estimate of drug-likeness (QED) is 0.0321. The van der Waals surface area contributed by atoms with E-state index >= 15 is 0 Å². The highest BCUT2D eigenvalue weighted by molar-refractivity contribution is 8.00. The number of nitrogens with zero attached hydrogens (tertiary/aromatic N) is 4. The number of aromatic nitrogens is 1. The molecule has 2 atom stereocenters. The molecule has 4 heterocycles. The summed E-state index contributed by atoms with van der Waals surface area (Å²) in [5.41, 5.74) is 5.36. The third-order valence-electron chi connectivity index (χ3n) is 8.77. The number of nitrogen functional groups attached to an aromatic ring is 1. The van der Waals surface area contributed by atoms with Gasteiger partial charge in [0.15, 0.2) is 28.6 Å². The fourth-order valence-corrected chi connectivity index (χ4v) is 8.07. The normalized spacial score (nSPS) is 19.5. The molecule has 0 spiro atoms. The minimum atomic E-state index is -1.52. The summed E-state index contributed by atoms with van der Waals surface area (Å²) < 4.78 is 5.73. The predicted molar refractivity (Wildman–Crippen MR) is 193 cm³/mol. The minimum absolute atomic E-state index is 0.0794. The van der Waals surface area contributed by atoms with Gasteiger partial charge in [0.05, 0.1) is 43.9 Å². The number of β-lactam (4-membered cyclic amide) rings is 1. The number of likely N-dealkylation sites (N-methyl/N-ethyl adjacent to an activating group) is 1. The van der Waals surface area contributed by atoms with Gasteiger partial charge in [-0.2, -0.15) is 0 Å². The van der Waals surface area contributed by atoms with Crippen LogP contribution in [0.15, 0.2) is 33.9 Å². The summed E-state index contributed by atoms with van der Waals surface area (Å²) >= 11 is 8.80. The number of carbonyl (C=O) groups is 5. The van der Waals surface area contributed by atoms with Crippen molar-refractivity contribution in [2.45, 2.75) is 43.7 Å². The Labute approximate surface area is 312 Å². The van der Waals surface area contributed by atoms with Crippen molar-refractivity contribution in [1.82, 2.24) is 20.5 Å². The molecule has 1 aromatic carbocycles. The van der Waals surface area contributed by atoms with Crippen LogP contribution in [0.5, 0.6) is 11.5 Å². The van der Waals surface area contributed by atoms with E-state index in [0.29, 0.717) is 41.9 Å². The van der Waals surface area contributed by atoms with Gasteiger partial charge >= 0.3 is 11.9 Å². The number of nitrogens with two attached hydrogens (primary N) is 1. The highest BCUT2D eigenvalue weighted by Gasteiger charge is 2.54. The molecule has 2 saturated heterocycles. The van der Waals surface area contributed by atoms with E-state index in [9.17, 15) is 34.2 Å². The molecule has 3 aliphatic rings. The number of rotatable bonds is 13. The molecule has 1 aromatic heterocycles. The molecule has 17 nitrogen and oxygen atoms in total. The monoisotopic (exact) mass is 782 g/mol. The molecule has 282 valence electrons. The Bertz CT molecular complexity index is 1780. The zero-order valence-electron chi connectivity index (χ0n) is 28.9. The number of likely N-dealkylation sites (tertiary alicyclic amines) is 1. The summed E-state index contributed by atoms with van der Waals surface area (Å²) in [6, 6.07) is 2.27. The Kier molecular flexibility index (Phi) is 13.1. The average molecular weight is 783 g/mol. The molecule has 2 amide bonds. The van der Waals surface area contributed by atoms with E-state index in [4.69, 9.17) is 32.0 Å². The first-order valence-electron chi connectivity index (χ1n) is 16.0. The number of thiazole rings is 1. The van der Waals surface area contributed by atoms with E-state index in [2.05, 4.69) is 20.8 Å². The van der Waals surface area contributed by atoms with Crippen molar-refractivity contribution in [3.8, 4) is 11.5 Å². The second-order valence-electron chi connectivity index (χ2n) is 12.6. The van der Waals surface area contributed by atoms with Gasteiger partial charge in [-0.1, -0.05) is 16.8 Å². The number of aldehydes is 1. The number of carbonyl (C=O) groups excluding carboxylic acids is 4. The fraction of sp³-hybridized carbons (Fsp3) is 0.469. The van der Waals surface area contributed by atoms with E-state index in [1.807, 2.05) is 0 Å². The molecule has 20 heteroatoms. The molecular formula is C32H41ClN7O10S2+. The van der Waals surface area contributed by atoms with Crippen LogP contribution < -0.4 is 16.4 Å². The second-order valence-corrected chi connectivity index (χ2v) is 15.0. The third kappa shape index (κ3) is 8.77. The Morgan fingerprint density at radius 3 is 2.52 bits per heavy atom. The van der Waals surface area contributed by atoms with Crippen LogP contribution in [0.4, 0.5) is 5.13 Å². The Morgan fingerprint density at radius 1 is 1.25 bits per heavy atom. The number of thioether (sulfide) groups is 1. The molecule has 5 rings (SSSR count). The largest absolute Gasteiger partial charge is 0.504 e. The number of phenols is 2. The van der Waals surface area contributed by atoms with Crippen LogP contribution in [0.2, 0.25) is 5.02 Å². The van der Waals surface area contributed by atoms with Crippen molar-refractivity contribution in [2.24, 2.45) is 5.16 Å². The first kappa shape index (κ1) is 40.3. The van der Waals surface area contributed by atoms with Crippen molar-refractivity contribution >= 4 is 75.6 Å². The SMILES string of the molecule is CC(C)(O/N=C(\C=O)c1csc(N)n1)C(=O)O.CNC1C(=O)N2C(C(=O)OC)=C(C[N+]3(CCNC(=O)c4ccc(O)c(O)c4Cl)CCCC3)CSC12. The molecule has 0 aliphatic carbocycles. The summed E-state index contributed by atoms with van der Waals surface area (Å²) in [6.45, 7) is 6.01. The third-order valence-corrected chi connectivity index (χ3v) is 11.2. The lowest BCUT2D eigenvalue weighted by atomic mass is 10.0. The molecule has 0 bridgehead atoms. The summed E-state index contributed by atoms with van der Waals surface area (Å²) in [7, 11) is 3.06. The molecule has 2 unspecified atom stereocenters. The number of esters is 1. The molecule has 0 radical (unpaired) electrons. The number of oxime groups is 1. The van der Waals surface area contributed by atoms with E-state index in [1.165, 1.54) is 38.5 Å². The minimum Gasteiger partial charge on any atom is -0.504 e. The zero-order chi connectivity index (χ0) is 38.4. The van der Waals surface area contributed by atoms with Crippen molar-refractivity contribution in [2.75, 3.05) is 58.4 Å². The topological polar surface area (TPSA) is 243 Å². The number of hydrogen-bond acceptors (Lipinski definition) is 15. The number of hydrogen-bond donors (Lipinski definition) is 6. The van der Waals surface area contributed by atoms with Crippen LogP contribution in [0.1, 0.15) is 42.7 Å². The standard InChI is InChI=1S/C23H29ClN4O6S.C9H11N3O4S/c1-25-17-21(32)27-18(23(33)34-2)13(12-35-22(17)27)11-28(8-3-4-9-28)10-7-26-20(31)14-5-6-15(29)19(30)16(14)24;1-9(2,7(14)15)16-12-5(3-13)6-4-17-8(10)11-6/h5-6,17,22,25H,3-4,7-12H2,1-2H3,(H2-,26,29,30,31);3-4H,1-2H3,(H2,10,11)(H,14,15)/p+1/b;12-5+. The molecule has 3 aliphatic heterocycles. The number of fused-ring (bicyclic) bond motifs is 1. The molecular weight excluding hydrogens is 742 g/mol. The summed E-state index contributed by atoms with van der Waals surface area (Å²) in [5.74, 6) is -2.55. The Hall–Kier alpha value is -4.43. The maximum atomic E-state index is 12.7. The van der Waals surface area contributed by atoms with Crippen molar-refractivity contribution in [3.05, 3.63) is 45.1 Å². The van der Waals surface area contributed by atoms with Crippen molar-refractivity contribution in [3.63, 3.8) is 0 Å². The number of carboxylic acid groups (broad SMARTS) is 1. The zero-order valence-corrected chi connectivity index (χ0v) is 31.3. The van der Waals surface area contributed by atoms with Crippen LogP contribution in [-0.4, -0.2) is 135 Å². The summed E-state index contributed by atoms with van der Waals surface area (Å²) in [6.07, 6.45) is 2.49. The lowest BCUT2D eigenvalue weighted by molar-refractivity contribution is -0.911. The van der Waals surface area contributed by atoms with Gasteiger partial charge < -0.3 is 45.7 Å². The van der Waals surface area contributed by atoms with E-state index in [1.54, 1.807) is 23.7 Å². The number of benzene rings is 1. The molecule has 2 aromatic rings. The van der Waals surface area contributed by atoms with Crippen LogP contribution in [0.3, 0.4) is 0 Å². The first-order chi connectivity index (χ1) is 24.6. The highest BCUT2D eigenvalue weighted by Crippen LogP contribution is 2.41. The number of amides is 2. The van der Waals surface area contributed by atoms with Gasteiger partial charge in [-0.05, 0) is 33.0 Å². The van der Waals surface area contributed by atoms with Gasteiger partial charge in [0.1, 0.15) is 29.4 Å². The Morgan fingerprint density at radius 2 is 1.94 bits per heavy atom. The van der Waals surface area contributed by atoms with Gasteiger partial charge in [-0.15, -0.1) is 23.1 Å². The smallest absolute Gasteiger partial charge is 0.355 e. The van der Waals surface area contributed by atoms with Gasteiger partial charge in [0, 0.05) is 29.5 Å². The van der Waals surface area contributed by atoms with E-state index in [-0.39, 0.29) is 44.4 Å². The van der Waals surface area contributed by atoms with Crippen LogP contribution in [0, 0.1) is 0 Å². The first-order valence-corrected chi connectivity index (χ1v) is 18.3. The van der Waals surface area contributed by atoms with Crippen LogP contribution in [0.25, 0.3) is 0 Å². The van der Waals surface area contributed by atoms with Gasteiger partial charge in [-0.25, -0.2) is 14.6 Å². The molecule has 0 saturated carbocycles. The Balaban J connectivity index is 0.000000299. The second kappa shape index (κ2) is 16.9. The van der Waals surface area contributed by atoms with Gasteiger partial charge in [0.2, 0.25) is 11.5 Å². The number of phenolic OH excluding ortho intramolecular Hbond substituents is 2. The number of aromatic hydroxyl groups is 2. The van der Waals surface area contributed by atoms with Crippen LogP contribution in [-0.2, 0) is 28.8 Å². The van der Waals surface area contributed by atoms with Gasteiger partial charge in [0.25, 0.3) is 5.91 Å². The number of quaternary nitrogens is 1. The fourth-order valence-electron chi connectivity index (χ4n) is 5.86. The molecule has 2 fully saturated rings. The predicted octanol–water partition coefficient (Wildman–Crippen LogP) is 1.53. The van der Waals surface area contributed by atoms with E-state index < -0.39 is 34.9 Å². The lowest BCUT2D eigenvalue weighted by Crippen LogP contribution is -2.69. The highest BCUT2D eigenvalue weighted by atomic mass is 35.5. The maximum Gasteiger partial charge on any atom is 0.355 e. The average Bonchev–Trinajstić information content (AvgIpc) is 3.76. The molecule has 7 N–H and O–H groups in total. The number of anilines is 1. The number of ether oxygens (including phenoxy) is 1. The number of carboxylic acids is 1. The number of methoxy groups -OCH3 is 1. The number of aliphatic carboxylic acids is 1. The number of nitrogens with one attached hydrogen (secondary N) is 2. The molecule has 52 heavy (non-hydrogen) atoms.